The predicted octanol–water partition coefficient (Wildman–Crippen LogP) is 2.21. The van der Waals surface area contributed by atoms with Crippen molar-refractivity contribution in [1.29, 1.82) is 0 Å². The number of hydrogen-bond acceptors (Lipinski definition) is 5. The molecular formula is C22H27N5O3S. The molecule has 0 radical (unpaired) electrons. The number of imidazole rings is 1. The first-order chi connectivity index (χ1) is 15.0. The molecule has 0 unspecified atom stereocenters. The molecule has 3 aromatic rings. The molecule has 5 rings (SSSR count). The highest BCUT2D eigenvalue weighted by molar-refractivity contribution is 7.89. The van der Waals surface area contributed by atoms with E-state index in [0.717, 1.165) is 49.8 Å². The summed E-state index contributed by atoms with van der Waals surface area (Å²) in [6.45, 7) is 2.92. The highest BCUT2D eigenvalue weighted by Crippen LogP contribution is 2.29. The summed E-state index contributed by atoms with van der Waals surface area (Å²) in [7, 11) is -3.47. The molecule has 0 spiro atoms. The van der Waals surface area contributed by atoms with Gasteiger partial charge in [-0.25, -0.2) is 13.2 Å². The fraction of sp³-hybridized carbons (Fsp3) is 0.455. The van der Waals surface area contributed by atoms with E-state index in [4.69, 9.17) is 0 Å². The van der Waals surface area contributed by atoms with Crippen molar-refractivity contribution in [3.05, 3.63) is 59.3 Å². The van der Waals surface area contributed by atoms with Crippen LogP contribution in [0, 0.1) is 0 Å². The fourth-order valence-corrected chi connectivity index (χ4v) is 6.48. The van der Waals surface area contributed by atoms with Gasteiger partial charge in [0.15, 0.2) is 0 Å². The lowest BCUT2D eigenvalue weighted by atomic mass is 9.98. The van der Waals surface area contributed by atoms with Crippen LogP contribution in [0.3, 0.4) is 0 Å². The van der Waals surface area contributed by atoms with Gasteiger partial charge in [0, 0.05) is 50.7 Å². The van der Waals surface area contributed by atoms with Crippen molar-refractivity contribution in [3.63, 3.8) is 0 Å². The van der Waals surface area contributed by atoms with Gasteiger partial charge in [-0.15, -0.1) is 0 Å². The lowest BCUT2D eigenvalue weighted by Crippen LogP contribution is -2.49. The monoisotopic (exact) mass is 441 g/mol. The summed E-state index contributed by atoms with van der Waals surface area (Å²) in [5.41, 5.74) is 1.82. The number of nitrogens with one attached hydrogen (secondary N) is 1. The summed E-state index contributed by atoms with van der Waals surface area (Å²) in [6, 6.07) is 11.7. The van der Waals surface area contributed by atoms with Gasteiger partial charge in [-0.2, -0.15) is 4.31 Å². The van der Waals surface area contributed by atoms with Crippen molar-refractivity contribution in [1.82, 2.24) is 23.7 Å². The molecule has 2 fully saturated rings. The minimum Gasteiger partial charge on any atom is -0.306 e. The van der Waals surface area contributed by atoms with Crippen LogP contribution >= 0.6 is 0 Å². The fourth-order valence-electron chi connectivity index (χ4n) is 5.04. The van der Waals surface area contributed by atoms with E-state index in [1.54, 1.807) is 22.6 Å². The van der Waals surface area contributed by atoms with E-state index < -0.39 is 10.0 Å². The summed E-state index contributed by atoms with van der Waals surface area (Å²) in [4.78, 5) is 22.1. The minimum atomic E-state index is -3.47. The molecule has 1 aromatic carbocycles. The predicted molar refractivity (Wildman–Crippen MR) is 118 cm³/mol. The van der Waals surface area contributed by atoms with Gasteiger partial charge < -0.3 is 9.88 Å². The van der Waals surface area contributed by atoms with Crippen molar-refractivity contribution in [3.8, 4) is 0 Å². The Morgan fingerprint density at radius 2 is 1.61 bits per heavy atom. The number of aromatic amines is 1. The molecule has 1 N–H and O–H groups in total. The molecule has 0 bridgehead atoms. The summed E-state index contributed by atoms with van der Waals surface area (Å²) in [5, 5.41) is 0. The van der Waals surface area contributed by atoms with Gasteiger partial charge >= 0.3 is 5.69 Å². The van der Waals surface area contributed by atoms with Gasteiger partial charge in [0.25, 0.3) is 0 Å². The maximum atomic E-state index is 12.8. The first-order valence-corrected chi connectivity index (χ1v) is 12.3. The normalized spacial score (nSPS) is 20.4. The molecule has 2 aromatic heterocycles. The summed E-state index contributed by atoms with van der Waals surface area (Å²) in [6.07, 6.45) is 6.51. The maximum absolute atomic E-state index is 12.8. The number of nitrogens with zero attached hydrogens (tertiary/aromatic N) is 4. The van der Waals surface area contributed by atoms with Crippen LogP contribution in [0.4, 0.5) is 0 Å². The van der Waals surface area contributed by atoms with E-state index in [1.807, 2.05) is 28.8 Å². The molecule has 4 heterocycles. The van der Waals surface area contributed by atoms with Gasteiger partial charge in [-0.1, -0.05) is 12.1 Å². The number of benzene rings is 1. The molecule has 31 heavy (non-hydrogen) atoms. The lowest BCUT2D eigenvalue weighted by molar-refractivity contribution is 0.0992. The molecule has 2 aliphatic heterocycles. The van der Waals surface area contributed by atoms with Crippen LogP contribution in [-0.2, 0) is 10.0 Å². The van der Waals surface area contributed by atoms with Gasteiger partial charge in [-0.05, 0) is 49.9 Å². The third-order valence-corrected chi connectivity index (χ3v) is 8.58. The van der Waals surface area contributed by atoms with Crippen LogP contribution in [0.15, 0.2) is 58.5 Å². The number of sulfonamides is 1. The molecule has 0 amide bonds. The van der Waals surface area contributed by atoms with E-state index in [-0.39, 0.29) is 16.6 Å². The van der Waals surface area contributed by atoms with E-state index in [9.17, 15) is 13.2 Å². The molecule has 9 heteroatoms. The number of piperidine rings is 2. The Morgan fingerprint density at radius 1 is 0.903 bits per heavy atom. The molecule has 8 nitrogen and oxygen atoms in total. The second kappa shape index (κ2) is 8.22. The van der Waals surface area contributed by atoms with E-state index in [0.29, 0.717) is 19.1 Å². The lowest BCUT2D eigenvalue weighted by Gasteiger charge is -2.41. The van der Waals surface area contributed by atoms with Crippen molar-refractivity contribution in [2.45, 2.75) is 42.7 Å². The average molecular weight is 442 g/mol. The third kappa shape index (κ3) is 3.81. The zero-order valence-corrected chi connectivity index (χ0v) is 18.2. The van der Waals surface area contributed by atoms with Crippen LogP contribution in [0.25, 0.3) is 11.0 Å². The Hall–Kier alpha value is -2.49. The molecule has 0 atom stereocenters. The van der Waals surface area contributed by atoms with Crippen molar-refractivity contribution in [2.75, 3.05) is 26.2 Å². The Morgan fingerprint density at radius 3 is 2.32 bits per heavy atom. The summed E-state index contributed by atoms with van der Waals surface area (Å²) < 4.78 is 29.1. The number of fused-ring (bicyclic) bond motifs is 1. The topological polar surface area (TPSA) is 91.3 Å². The SMILES string of the molecule is O=c1[nH]c2ccccc2n1C1CCN(C2CCN(S(=O)(=O)c3cccnc3)CC2)CC1. The number of pyridine rings is 1. The molecule has 2 saturated heterocycles. The first-order valence-electron chi connectivity index (χ1n) is 10.9. The van der Waals surface area contributed by atoms with Crippen molar-refractivity contribution in [2.24, 2.45) is 0 Å². The Balaban J connectivity index is 1.21. The van der Waals surface area contributed by atoms with Crippen LogP contribution in [0.1, 0.15) is 31.7 Å². The molecule has 164 valence electrons. The third-order valence-electron chi connectivity index (χ3n) is 6.70. The van der Waals surface area contributed by atoms with E-state index >= 15 is 0 Å². The summed E-state index contributed by atoms with van der Waals surface area (Å²) >= 11 is 0. The van der Waals surface area contributed by atoms with Gasteiger partial charge in [0.05, 0.1) is 11.0 Å². The van der Waals surface area contributed by atoms with Crippen molar-refractivity contribution < 1.29 is 8.42 Å². The van der Waals surface area contributed by atoms with Gasteiger partial charge in [0.2, 0.25) is 10.0 Å². The van der Waals surface area contributed by atoms with Gasteiger partial charge in [-0.3, -0.25) is 9.55 Å². The second-order valence-electron chi connectivity index (χ2n) is 8.41. The van der Waals surface area contributed by atoms with Crippen LogP contribution < -0.4 is 5.69 Å². The highest BCUT2D eigenvalue weighted by atomic mass is 32.2. The van der Waals surface area contributed by atoms with Gasteiger partial charge in [0.1, 0.15) is 4.90 Å². The number of aromatic nitrogens is 3. The van der Waals surface area contributed by atoms with E-state index in [2.05, 4.69) is 14.9 Å². The second-order valence-corrected chi connectivity index (χ2v) is 10.3. The molecule has 0 saturated carbocycles. The maximum Gasteiger partial charge on any atom is 0.326 e. The number of H-pyrrole nitrogens is 1. The minimum absolute atomic E-state index is 0.0337. The average Bonchev–Trinajstić information content (AvgIpc) is 3.15. The Labute approximate surface area is 181 Å². The number of likely N-dealkylation sites (tertiary alicyclic amines) is 1. The van der Waals surface area contributed by atoms with Crippen LogP contribution in [0.2, 0.25) is 0 Å². The highest BCUT2D eigenvalue weighted by Gasteiger charge is 2.33. The quantitative estimate of drug-likeness (QED) is 0.670. The Bertz CT molecular complexity index is 1200. The largest absolute Gasteiger partial charge is 0.326 e. The van der Waals surface area contributed by atoms with E-state index in [1.165, 1.54) is 6.20 Å². The standard InChI is InChI=1S/C22H27N5O3S/c28-22-24-20-5-1-2-6-21(20)27(22)18-7-12-25(13-8-18)17-9-14-26(15-10-17)31(29,30)19-4-3-11-23-16-19/h1-6,11,16-18H,7-10,12-15H2,(H,24,28). The van der Waals surface area contributed by atoms with Crippen LogP contribution in [-0.4, -0.2) is 64.4 Å². The zero-order valence-electron chi connectivity index (χ0n) is 17.4. The number of hydrogen-bond donors (Lipinski definition) is 1. The number of rotatable bonds is 4. The van der Waals surface area contributed by atoms with Crippen LogP contribution in [0.5, 0.6) is 0 Å². The zero-order chi connectivity index (χ0) is 21.4. The van der Waals surface area contributed by atoms with Crippen molar-refractivity contribution >= 4 is 21.1 Å². The first kappa shape index (κ1) is 20.4. The summed E-state index contributed by atoms with van der Waals surface area (Å²) in [5.74, 6) is 0. The molecule has 0 aliphatic carbocycles. The molecular weight excluding hydrogens is 414 g/mol. The Kier molecular flexibility index (Phi) is 5.41. The number of para-hydroxylation sites is 2. The smallest absolute Gasteiger partial charge is 0.306 e. The molecule has 2 aliphatic rings.